The molecule has 0 atom stereocenters. The fourth-order valence-corrected chi connectivity index (χ4v) is 0.825. The Bertz CT molecular complexity index is 217. The first-order chi connectivity index (χ1) is 4.83. The molecule has 0 bridgehead atoms. The first-order valence-corrected chi connectivity index (χ1v) is 3.13. The smallest absolute Gasteiger partial charge is 0.129 e. The molecule has 0 aliphatic heterocycles. The van der Waals surface area contributed by atoms with E-state index in [4.69, 9.17) is 17.5 Å². The van der Waals surface area contributed by atoms with E-state index >= 15 is 0 Å². The average Bonchev–Trinajstić information content (AvgIpc) is 1.88. The second-order valence-corrected chi connectivity index (χ2v) is 2.19. The molecule has 1 heterocycles. The number of halogens is 1. The minimum Gasteiger partial charge on any atom is -0.300 e. The molecule has 1 aromatic rings. The minimum atomic E-state index is 0.363. The minimum absolute atomic E-state index is 0.363. The van der Waals surface area contributed by atoms with Crippen LogP contribution in [0.3, 0.4) is 0 Å². The van der Waals surface area contributed by atoms with Gasteiger partial charge in [-0.05, 0) is 17.7 Å². The molecule has 0 aliphatic carbocycles. The van der Waals surface area contributed by atoms with Crippen LogP contribution in [-0.2, 0) is 11.4 Å². The van der Waals surface area contributed by atoms with E-state index in [1.54, 1.807) is 18.3 Å². The van der Waals surface area contributed by atoms with Gasteiger partial charge in [0.1, 0.15) is 5.15 Å². The second-order valence-electron chi connectivity index (χ2n) is 1.80. The normalized spacial score (nSPS) is 9.80. The number of hydrogen-bond acceptors (Lipinski definition) is 3. The van der Waals surface area contributed by atoms with Gasteiger partial charge < -0.3 is 0 Å². The van der Waals surface area contributed by atoms with Crippen LogP contribution in [0.1, 0.15) is 5.56 Å². The highest BCUT2D eigenvalue weighted by atomic mass is 35.5. The summed E-state index contributed by atoms with van der Waals surface area (Å²) in [5.74, 6) is 4.85. The molecular weight excluding hydrogens is 152 g/mol. The van der Waals surface area contributed by atoms with Crippen LogP contribution in [0.5, 0.6) is 0 Å². The third-order valence-electron chi connectivity index (χ3n) is 1.04. The quantitative estimate of drug-likeness (QED) is 0.519. The van der Waals surface area contributed by atoms with Crippen LogP contribution >= 0.6 is 11.6 Å². The van der Waals surface area contributed by atoms with Gasteiger partial charge in [0.2, 0.25) is 0 Å². The molecule has 10 heavy (non-hydrogen) atoms. The molecule has 1 aromatic heterocycles. The predicted molar refractivity (Wildman–Crippen MR) is 38.2 cm³/mol. The molecule has 4 heteroatoms. The molecule has 1 rings (SSSR count). The van der Waals surface area contributed by atoms with Crippen molar-refractivity contribution in [2.45, 2.75) is 6.61 Å². The topological polar surface area (TPSA) is 48.1 Å². The number of aromatic nitrogens is 1. The molecule has 0 amide bonds. The van der Waals surface area contributed by atoms with E-state index in [0.29, 0.717) is 11.8 Å². The van der Waals surface area contributed by atoms with E-state index in [1.165, 1.54) is 0 Å². The molecule has 3 nitrogen and oxygen atoms in total. The van der Waals surface area contributed by atoms with E-state index in [1.807, 2.05) is 0 Å². The highest BCUT2D eigenvalue weighted by Gasteiger charge is 1.92. The SMILES string of the molecule is NOCc1ccnc(Cl)c1. The zero-order valence-corrected chi connectivity index (χ0v) is 6.01. The first-order valence-electron chi connectivity index (χ1n) is 2.75. The fourth-order valence-electron chi connectivity index (χ4n) is 0.629. The molecule has 0 aromatic carbocycles. The average molecular weight is 159 g/mol. The Morgan fingerprint density at radius 3 is 3.10 bits per heavy atom. The molecule has 0 spiro atoms. The zero-order valence-electron chi connectivity index (χ0n) is 5.25. The van der Waals surface area contributed by atoms with Gasteiger partial charge in [-0.25, -0.2) is 10.9 Å². The maximum Gasteiger partial charge on any atom is 0.129 e. The number of rotatable bonds is 2. The lowest BCUT2D eigenvalue weighted by atomic mass is 10.3. The molecular formula is C6H7ClN2O. The van der Waals surface area contributed by atoms with Crippen LogP contribution in [0.25, 0.3) is 0 Å². The van der Waals surface area contributed by atoms with Crippen molar-refractivity contribution in [3.05, 3.63) is 29.0 Å². The lowest BCUT2D eigenvalue weighted by molar-refractivity contribution is 0.124. The van der Waals surface area contributed by atoms with E-state index in [9.17, 15) is 0 Å². The van der Waals surface area contributed by atoms with E-state index in [2.05, 4.69) is 9.82 Å². The lowest BCUT2D eigenvalue weighted by Gasteiger charge is -1.96. The van der Waals surface area contributed by atoms with Crippen LogP contribution in [0.2, 0.25) is 5.15 Å². The van der Waals surface area contributed by atoms with Crippen LogP contribution < -0.4 is 5.90 Å². The Morgan fingerprint density at radius 2 is 2.50 bits per heavy atom. The standard InChI is InChI=1S/C6H7ClN2O/c7-6-3-5(4-10-8)1-2-9-6/h1-3H,4,8H2. The maximum atomic E-state index is 5.57. The molecule has 0 radical (unpaired) electrons. The van der Waals surface area contributed by atoms with Gasteiger partial charge in [-0.2, -0.15) is 0 Å². The summed E-state index contributed by atoms with van der Waals surface area (Å²) in [7, 11) is 0. The number of nitrogens with zero attached hydrogens (tertiary/aromatic N) is 1. The summed E-state index contributed by atoms with van der Waals surface area (Å²) in [6.07, 6.45) is 1.61. The number of pyridine rings is 1. The van der Waals surface area contributed by atoms with Gasteiger partial charge in [-0.15, -0.1) is 0 Å². The number of hydrogen-bond donors (Lipinski definition) is 1. The zero-order chi connectivity index (χ0) is 7.40. The maximum absolute atomic E-state index is 5.57. The fraction of sp³-hybridized carbons (Fsp3) is 0.167. The molecule has 0 fully saturated rings. The Morgan fingerprint density at radius 1 is 1.70 bits per heavy atom. The van der Waals surface area contributed by atoms with Crippen molar-refractivity contribution in [3.63, 3.8) is 0 Å². The Balaban J connectivity index is 2.75. The Kier molecular flexibility index (Phi) is 2.62. The second kappa shape index (κ2) is 3.51. The summed E-state index contributed by atoms with van der Waals surface area (Å²) < 4.78 is 0. The molecule has 2 N–H and O–H groups in total. The van der Waals surface area contributed by atoms with Crippen LogP contribution in [0, 0.1) is 0 Å². The Hall–Kier alpha value is -0.640. The number of nitrogens with two attached hydrogens (primary N) is 1. The summed E-state index contributed by atoms with van der Waals surface area (Å²) in [4.78, 5) is 8.19. The largest absolute Gasteiger partial charge is 0.300 e. The van der Waals surface area contributed by atoms with E-state index in [-0.39, 0.29) is 0 Å². The van der Waals surface area contributed by atoms with Gasteiger partial charge in [0.05, 0.1) is 6.61 Å². The van der Waals surface area contributed by atoms with Gasteiger partial charge >= 0.3 is 0 Å². The summed E-state index contributed by atoms with van der Waals surface area (Å²) >= 11 is 5.57. The Labute approximate surface area is 63.7 Å². The molecule has 0 saturated carbocycles. The summed E-state index contributed by atoms with van der Waals surface area (Å²) in [6, 6.07) is 3.49. The molecule has 0 unspecified atom stereocenters. The lowest BCUT2D eigenvalue weighted by Crippen LogP contribution is -1.98. The van der Waals surface area contributed by atoms with E-state index in [0.717, 1.165) is 5.56 Å². The van der Waals surface area contributed by atoms with Gasteiger partial charge in [0.15, 0.2) is 0 Å². The highest BCUT2D eigenvalue weighted by molar-refractivity contribution is 6.29. The predicted octanol–water partition coefficient (Wildman–Crippen LogP) is 1.13. The first kappa shape index (κ1) is 7.47. The van der Waals surface area contributed by atoms with Crippen molar-refractivity contribution in [2.24, 2.45) is 5.90 Å². The van der Waals surface area contributed by atoms with Crippen molar-refractivity contribution in [1.82, 2.24) is 4.98 Å². The summed E-state index contributed by atoms with van der Waals surface area (Å²) in [5, 5.41) is 0.453. The molecule has 0 aliphatic rings. The third kappa shape index (κ3) is 1.95. The van der Waals surface area contributed by atoms with Gasteiger partial charge in [-0.3, -0.25) is 4.84 Å². The van der Waals surface area contributed by atoms with Gasteiger partial charge in [0.25, 0.3) is 0 Å². The van der Waals surface area contributed by atoms with Crippen LogP contribution in [0.4, 0.5) is 0 Å². The van der Waals surface area contributed by atoms with Gasteiger partial charge in [-0.1, -0.05) is 11.6 Å². The van der Waals surface area contributed by atoms with Crippen molar-refractivity contribution in [1.29, 1.82) is 0 Å². The van der Waals surface area contributed by atoms with Crippen molar-refractivity contribution in [3.8, 4) is 0 Å². The highest BCUT2D eigenvalue weighted by Crippen LogP contribution is 2.06. The molecule has 54 valence electrons. The van der Waals surface area contributed by atoms with Crippen LogP contribution in [0.15, 0.2) is 18.3 Å². The van der Waals surface area contributed by atoms with Crippen molar-refractivity contribution >= 4 is 11.6 Å². The third-order valence-corrected chi connectivity index (χ3v) is 1.25. The monoisotopic (exact) mass is 158 g/mol. The summed E-state index contributed by atoms with van der Waals surface area (Å²) in [5.41, 5.74) is 0.919. The van der Waals surface area contributed by atoms with Crippen LogP contribution in [-0.4, -0.2) is 4.98 Å². The van der Waals surface area contributed by atoms with Crippen molar-refractivity contribution in [2.75, 3.05) is 0 Å². The van der Waals surface area contributed by atoms with E-state index < -0.39 is 0 Å². The molecule has 0 saturated heterocycles. The summed E-state index contributed by atoms with van der Waals surface area (Å²) in [6.45, 7) is 0.363. The van der Waals surface area contributed by atoms with Gasteiger partial charge in [0, 0.05) is 6.20 Å². The van der Waals surface area contributed by atoms with Crippen molar-refractivity contribution < 1.29 is 4.84 Å².